The van der Waals surface area contributed by atoms with Crippen molar-refractivity contribution in [3.63, 3.8) is 0 Å². The van der Waals surface area contributed by atoms with Crippen molar-refractivity contribution in [1.29, 1.82) is 0 Å². The highest BCUT2D eigenvalue weighted by atomic mass is 16.5. The lowest BCUT2D eigenvalue weighted by Crippen LogP contribution is -2.39. The molecular formula is C20H23NO. The number of ether oxygens (including phenoxy) is 1. The molecule has 0 N–H and O–H groups in total. The molecule has 3 unspecified atom stereocenters. The van der Waals surface area contributed by atoms with Gasteiger partial charge in [-0.1, -0.05) is 54.6 Å². The van der Waals surface area contributed by atoms with Gasteiger partial charge in [0.1, 0.15) is 6.23 Å². The predicted molar refractivity (Wildman–Crippen MR) is 88.5 cm³/mol. The summed E-state index contributed by atoms with van der Waals surface area (Å²) in [5.41, 5.74) is 4.25. The SMILES string of the molecule is Cc1ccccc1C1CCCC2OCC(c3ccccc3)N21. The van der Waals surface area contributed by atoms with Gasteiger partial charge in [-0.05, 0) is 42.9 Å². The summed E-state index contributed by atoms with van der Waals surface area (Å²) in [5, 5.41) is 0. The van der Waals surface area contributed by atoms with Gasteiger partial charge in [-0.3, -0.25) is 4.90 Å². The van der Waals surface area contributed by atoms with E-state index in [9.17, 15) is 0 Å². The van der Waals surface area contributed by atoms with Crippen molar-refractivity contribution in [3.05, 3.63) is 71.3 Å². The second-order valence-electron chi connectivity index (χ2n) is 6.46. The van der Waals surface area contributed by atoms with Crippen molar-refractivity contribution in [1.82, 2.24) is 4.90 Å². The molecule has 2 heterocycles. The Hall–Kier alpha value is -1.64. The third kappa shape index (κ3) is 2.37. The molecule has 0 saturated carbocycles. The monoisotopic (exact) mass is 293 g/mol. The fourth-order valence-corrected chi connectivity index (χ4v) is 4.08. The molecule has 2 aliphatic heterocycles. The van der Waals surface area contributed by atoms with E-state index in [4.69, 9.17) is 4.74 Å². The largest absolute Gasteiger partial charge is 0.361 e. The van der Waals surface area contributed by atoms with Gasteiger partial charge >= 0.3 is 0 Å². The zero-order valence-electron chi connectivity index (χ0n) is 13.1. The van der Waals surface area contributed by atoms with Gasteiger partial charge in [-0.2, -0.15) is 0 Å². The second-order valence-corrected chi connectivity index (χ2v) is 6.46. The number of rotatable bonds is 2. The first-order valence-corrected chi connectivity index (χ1v) is 8.34. The van der Waals surface area contributed by atoms with Crippen LogP contribution in [0.15, 0.2) is 54.6 Å². The molecule has 3 atom stereocenters. The molecule has 0 spiro atoms. The molecule has 2 nitrogen and oxygen atoms in total. The Labute approximate surface area is 132 Å². The van der Waals surface area contributed by atoms with Crippen molar-refractivity contribution in [2.24, 2.45) is 0 Å². The van der Waals surface area contributed by atoms with E-state index in [1.807, 2.05) is 0 Å². The van der Waals surface area contributed by atoms with Crippen LogP contribution in [-0.4, -0.2) is 17.7 Å². The zero-order chi connectivity index (χ0) is 14.9. The normalized spacial score (nSPS) is 28.5. The van der Waals surface area contributed by atoms with Crippen LogP contribution in [0.1, 0.15) is 48.0 Å². The molecular weight excluding hydrogens is 270 g/mol. The number of nitrogens with zero attached hydrogens (tertiary/aromatic N) is 1. The summed E-state index contributed by atoms with van der Waals surface area (Å²) < 4.78 is 6.14. The molecule has 2 aromatic carbocycles. The van der Waals surface area contributed by atoms with Gasteiger partial charge in [0.05, 0.1) is 12.6 Å². The molecule has 22 heavy (non-hydrogen) atoms. The van der Waals surface area contributed by atoms with Crippen LogP contribution in [0.4, 0.5) is 0 Å². The average molecular weight is 293 g/mol. The average Bonchev–Trinajstić information content (AvgIpc) is 3.00. The minimum Gasteiger partial charge on any atom is -0.361 e. The third-order valence-corrected chi connectivity index (χ3v) is 5.16. The van der Waals surface area contributed by atoms with Crippen molar-refractivity contribution < 1.29 is 4.74 Å². The highest BCUT2D eigenvalue weighted by molar-refractivity contribution is 5.31. The Balaban J connectivity index is 1.71. The van der Waals surface area contributed by atoms with Crippen LogP contribution in [0.5, 0.6) is 0 Å². The minimum atomic E-state index is 0.281. The van der Waals surface area contributed by atoms with E-state index in [2.05, 4.69) is 66.4 Å². The molecule has 114 valence electrons. The number of hydrogen-bond acceptors (Lipinski definition) is 2. The van der Waals surface area contributed by atoms with E-state index in [0.29, 0.717) is 12.1 Å². The first-order valence-electron chi connectivity index (χ1n) is 8.34. The van der Waals surface area contributed by atoms with E-state index in [-0.39, 0.29) is 6.23 Å². The zero-order valence-corrected chi connectivity index (χ0v) is 13.1. The summed E-state index contributed by atoms with van der Waals surface area (Å²) >= 11 is 0. The van der Waals surface area contributed by atoms with Crippen LogP contribution in [0, 0.1) is 6.92 Å². The maximum atomic E-state index is 6.14. The molecule has 2 heteroatoms. The van der Waals surface area contributed by atoms with Crippen LogP contribution < -0.4 is 0 Å². The lowest BCUT2D eigenvalue weighted by Gasteiger charge is -2.40. The molecule has 0 aliphatic carbocycles. The lowest BCUT2D eigenvalue weighted by molar-refractivity contribution is -0.0273. The van der Waals surface area contributed by atoms with Crippen molar-refractivity contribution in [3.8, 4) is 0 Å². The summed E-state index contributed by atoms with van der Waals surface area (Å²) in [7, 11) is 0. The van der Waals surface area contributed by atoms with E-state index in [1.165, 1.54) is 29.5 Å². The Morgan fingerprint density at radius 1 is 0.909 bits per heavy atom. The molecule has 2 saturated heterocycles. The van der Waals surface area contributed by atoms with Gasteiger partial charge in [-0.15, -0.1) is 0 Å². The first-order chi connectivity index (χ1) is 10.8. The van der Waals surface area contributed by atoms with Gasteiger partial charge in [0.15, 0.2) is 0 Å². The summed E-state index contributed by atoms with van der Waals surface area (Å²) in [6.45, 7) is 3.05. The topological polar surface area (TPSA) is 12.5 Å². The van der Waals surface area contributed by atoms with Crippen LogP contribution in [0.3, 0.4) is 0 Å². The molecule has 0 aromatic heterocycles. The maximum Gasteiger partial charge on any atom is 0.111 e. The molecule has 2 aromatic rings. The number of piperidine rings is 1. The van der Waals surface area contributed by atoms with Crippen molar-refractivity contribution in [2.75, 3.05) is 6.61 Å². The van der Waals surface area contributed by atoms with E-state index in [0.717, 1.165) is 13.0 Å². The fraction of sp³-hybridized carbons (Fsp3) is 0.400. The minimum absolute atomic E-state index is 0.281. The standard InChI is InChI=1S/C20H23NO/c1-15-8-5-6-11-17(15)18-12-7-13-20-21(18)19(14-22-20)16-9-3-2-4-10-16/h2-6,8-11,18-20H,7,12-14H2,1H3. The Morgan fingerprint density at radius 2 is 1.68 bits per heavy atom. The summed E-state index contributed by atoms with van der Waals surface area (Å²) in [5.74, 6) is 0. The molecule has 2 aliphatic rings. The lowest BCUT2D eigenvalue weighted by atomic mass is 9.90. The molecule has 0 bridgehead atoms. The third-order valence-electron chi connectivity index (χ3n) is 5.16. The van der Waals surface area contributed by atoms with Crippen LogP contribution in [0.25, 0.3) is 0 Å². The Bertz CT molecular complexity index is 639. The summed E-state index contributed by atoms with van der Waals surface area (Å²) in [6, 6.07) is 20.5. The number of benzene rings is 2. The van der Waals surface area contributed by atoms with E-state index >= 15 is 0 Å². The van der Waals surface area contributed by atoms with Crippen molar-refractivity contribution >= 4 is 0 Å². The molecule has 2 fully saturated rings. The fourth-order valence-electron chi connectivity index (χ4n) is 4.08. The van der Waals surface area contributed by atoms with Gasteiger partial charge in [-0.25, -0.2) is 0 Å². The van der Waals surface area contributed by atoms with Gasteiger partial charge < -0.3 is 4.74 Å². The van der Waals surface area contributed by atoms with Crippen LogP contribution in [-0.2, 0) is 4.74 Å². The Kier molecular flexibility index (Phi) is 3.73. The summed E-state index contributed by atoms with van der Waals surface area (Å²) in [4.78, 5) is 2.63. The van der Waals surface area contributed by atoms with Crippen LogP contribution in [0.2, 0.25) is 0 Å². The van der Waals surface area contributed by atoms with Gasteiger partial charge in [0, 0.05) is 6.04 Å². The van der Waals surface area contributed by atoms with Gasteiger partial charge in [0.2, 0.25) is 0 Å². The smallest absolute Gasteiger partial charge is 0.111 e. The first kappa shape index (κ1) is 14.0. The van der Waals surface area contributed by atoms with Gasteiger partial charge in [0.25, 0.3) is 0 Å². The van der Waals surface area contributed by atoms with E-state index in [1.54, 1.807) is 0 Å². The Morgan fingerprint density at radius 3 is 2.50 bits per heavy atom. The highest BCUT2D eigenvalue weighted by Crippen LogP contribution is 2.45. The second kappa shape index (κ2) is 5.86. The highest BCUT2D eigenvalue weighted by Gasteiger charge is 2.42. The van der Waals surface area contributed by atoms with E-state index < -0.39 is 0 Å². The van der Waals surface area contributed by atoms with Crippen LogP contribution >= 0.6 is 0 Å². The maximum absolute atomic E-state index is 6.14. The number of aryl methyl sites for hydroxylation is 1. The molecule has 4 rings (SSSR count). The molecule has 0 amide bonds. The van der Waals surface area contributed by atoms with Crippen molar-refractivity contribution in [2.45, 2.75) is 44.5 Å². The predicted octanol–water partition coefficient (Wildman–Crippen LogP) is 4.62. The summed E-state index contributed by atoms with van der Waals surface area (Å²) in [6.07, 6.45) is 3.92. The number of fused-ring (bicyclic) bond motifs is 1. The number of hydrogen-bond donors (Lipinski definition) is 0. The molecule has 0 radical (unpaired) electrons. The quantitative estimate of drug-likeness (QED) is 0.801.